The molecule has 2 rings (SSSR count). The van der Waals surface area contributed by atoms with E-state index in [1.807, 2.05) is 30.3 Å². The van der Waals surface area contributed by atoms with Crippen LogP contribution in [0.3, 0.4) is 0 Å². The van der Waals surface area contributed by atoms with E-state index in [0.29, 0.717) is 19.0 Å². The van der Waals surface area contributed by atoms with Crippen LogP contribution in [-0.4, -0.2) is 35.3 Å². The molecule has 0 aliphatic heterocycles. The van der Waals surface area contributed by atoms with Crippen LogP contribution in [0.2, 0.25) is 0 Å². The van der Waals surface area contributed by atoms with E-state index in [-0.39, 0.29) is 23.8 Å². The predicted molar refractivity (Wildman–Crippen MR) is 99.6 cm³/mol. The molecule has 0 spiro atoms. The van der Waals surface area contributed by atoms with Gasteiger partial charge in [0.1, 0.15) is 12.4 Å². The Hall–Kier alpha value is -1.64. The molecule has 1 atom stereocenters. The number of hydrogen-bond donors (Lipinski definition) is 2. The van der Waals surface area contributed by atoms with Crippen molar-refractivity contribution in [1.82, 2.24) is 4.72 Å². The van der Waals surface area contributed by atoms with Gasteiger partial charge in [-0.3, -0.25) is 0 Å². The lowest BCUT2D eigenvalue weighted by Crippen LogP contribution is -2.31. The number of nitrogens with one attached hydrogen (secondary N) is 1. The molecule has 0 aliphatic carbocycles. The zero-order valence-corrected chi connectivity index (χ0v) is 15.6. The summed E-state index contributed by atoms with van der Waals surface area (Å²) in [6, 6.07) is 15.2. The molecule has 0 aliphatic rings. The van der Waals surface area contributed by atoms with Crippen molar-refractivity contribution in [1.29, 1.82) is 0 Å². The molecule has 1 unspecified atom stereocenters. The van der Waals surface area contributed by atoms with Crippen molar-refractivity contribution in [3.05, 3.63) is 60.2 Å². The highest BCUT2D eigenvalue weighted by atomic mass is 35.5. The van der Waals surface area contributed by atoms with Crippen molar-refractivity contribution in [3.63, 3.8) is 0 Å². The predicted octanol–water partition coefficient (Wildman–Crippen LogP) is 2.11. The third-order valence-corrected chi connectivity index (χ3v) is 4.85. The van der Waals surface area contributed by atoms with Crippen molar-refractivity contribution in [2.45, 2.75) is 10.9 Å². The molecule has 2 aromatic rings. The topological polar surface area (TPSA) is 90.6 Å². The highest BCUT2D eigenvalue weighted by Gasteiger charge is 2.16. The fraction of sp³-hybridized carbons (Fsp3) is 0.294. The van der Waals surface area contributed by atoms with E-state index in [1.54, 1.807) is 19.2 Å². The van der Waals surface area contributed by atoms with Crippen LogP contribution >= 0.6 is 12.4 Å². The second-order valence-corrected chi connectivity index (χ2v) is 6.95. The van der Waals surface area contributed by atoms with Crippen LogP contribution in [0, 0.1) is 0 Å². The minimum Gasteiger partial charge on any atom is -0.491 e. The molecule has 0 radical (unpaired) electrons. The van der Waals surface area contributed by atoms with Crippen LogP contribution in [0.5, 0.6) is 5.75 Å². The van der Waals surface area contributed by atoms with E-state index in [2.05, 4.69) is 4.72 Å². The SMILES string of the molecule is COCCOc1ccc(S(=O)(=O)NCC(N)c2ccccc2)cc1.Cl. The average molecular weight is 387 g/mol. The average Bonchev–Trinajstić information content (AvgIpc) is 2.61. The first-order valence-electron chi connectivity index (χ1n) is 7.55. The molecule has 3 N–H and O–H groups in total. The third-order valence-electron chi connectivity index (χ3n) is 3.41. The molecular formula is C17H23ClN2O4S. The van der Waals surface area contributed by atoms with Gasteiger partial charge in [-0.05, 0) is 29.8 Å². The molecule has 0 heterocycles. The van der Waals surface area contributed by atoms with Gasteiger partial charge in [0.25, 0.3) is 0 Å². The van der Waals surface area contributed by atoms with Gasteiger partial charge in [-0.2, -0.15) is 0 Å². The summed E-state index contributed by atoms with van der Waals surface area (Å²) in [6.07, 6.45) is 0. The minimum absolute atomic E-state index is 0. The number of methoxy groups -OCH3 is 1. The van der Waals surface area contributed by atoms with Gasteiger partial charge in [-0.1, -0.05) is 30.3 Å². The fourth-order valence-electron chi connectivity index (χ4n) is 2.06. The van der Waals surface area contributed by atoms with Gasteiger partial charge in [0.15, 0.2) is 0 Å². The lowest BCUT2D eigenvalue weighted by Gasteiger charge is -2.14. The van der Waals surface area contributed by atoms with E-state index in [1.165, 1.54) is 12.1 Å². The van der Waals surface area contributed by atoms with E-state index in [4.69, 9.17) is 15.2 Å². The van der Waals surface area contributed by atoms with E-state index in [9.17, 15) is 8.42 Å². The van der Waals surface area contributed by atoms with Gasteiger partial charge in [-0.25, -0.2) is 13.1 Å². The Morgan fingerprint density at radius 1 is 1.04 bits per heavy atom. The van der Waals surface area contributed by atoms with Crippen LogP contribution < -0.4 is 15.2 Å². The number of benzene rings is 2. The summed E-state index contributed by atoms with van der Waals surface area (Å²) in [5.74, 6) is 0.590. The molecule has 0 aromatic heterocycles. The van der Waals surface area contributed by atoms with Crippen LogP contribution in [0.15, 0.2) is 59.5 Å². The molecule has 2 aromatic carbocycles. The number of ether oxygens (including phenoxy) is 2. The highest BCUT2D eigenvalue weighted by Crippen LogP contribution is 2.16. The molecule has 0 amide bonds. The van der Waals surface area contributed by atoms with Gasteiger partial charge in [0.05, 0.1) is 11.5 Å². The summed E-state index contributed by atoms with van der Waals surface area (Å²) in [6.45, 7) is 1.00. The van der Waals surface area contributed by atoms with Crippen molar-refractivity contribution >= 4 is 22.4 Å². The maximum Gasteiger partial charge on any atom is 0.240 e. The number of nitrogens with two attached hydrogens (primary N) is 1. The zero-order chi connectivity index (χ0) is 17.4. The maximum absolute atomic E-state index is 12.3. The second-order valence-electron chi connectivity index (χ2n) is 5.18. The van der Waals surface area contributed by atoms with Crippen molar-refractivity contribution in [3.8, 4) is 5.75 Å². The first-order valence-corrected chi connectivity index (χ1v) is 9.03. The van der Waals surface area contributed by atoms with Gasteiger partial charge in [0, 0.05) is 19.7 Å². The number of sulfonamides is 1. The van der Waals surface area contributed by atoms with Gasteiger partial charge >= 0.3 is 0 Å². The molecule has 0 saturated heterocycles. The van der Waals surface area contributed by atoms with Crippen molar-refractivity contribution < 1.29 is 17.9 Å². The number of rotatable bonds is 9. The quantitative estimate of drug-likeness (QED) is 0.644. The molecule has 138 valence electrons. The molecule has 8 heteroatoms. The summed E-state index contributed by atoms with van der Waals surface area (Å²) in [7, 11) is -2.03. The van der Waals surface area contributed by atoms with Crippen LogP contribution in [0.4, 0.5) is 0 Å². The summed E-state index contributed by atoms with van der Waals surface area (Å²) >= 11 is 0. The lowest BCUT2D eigenvalue weighted by atomic mass is 10.1. The number of hydrogen-bond acceptors (Lipinski definition) is 5. The summed E-state index contributed by atoms with van der Waals surface area (Å²) in [4.78, 5) is 0.168. The summed E-state index contributed by atoms with van der Waals surface area (Å²) in [5, 5.41) is 0. The largest absolute Gasteiger partial charge is 0.491 e. The molecule has 25 heavy (non-hydrogen) atoms. The van der Waals surface area contributed by atoms with E-state index in [0.717, 1.165) is 5.56 Å². The Kier molecular flexibility index (Phi) is 8.88. The fourth-order valence-corrected chi connectivity index (χ4v) is 3.12. The first kappa shape index (κ1) is 21.4. The van der Waals surface area contributed by atoms with Crippen LogP contribution in [0.1, 0.15) is 11.6 Å². The Morgan fingerprint density at radius 3 is 2.28 bits per heavy atom. The lowest BCUT2D eigenvalue weighted by molar-refractivity contribution is 0.146. The highest BCUT2D eigenvalue weighted by molar-refractivity contribution is 7.89. The van der Waals surface area contributed by atoms with Crippen LogP contribution in [0.25, 0.3) is 0 Å². The Labute approximate surface area is 154 Å². The van der Waals surface area contributed by atoms with Gasteiger partial charge < -0.3 is 15.2 Å². The maximum atomic E-state index is 12.3. The molecule has 0 saturated carbocycles. The van der Waals surface area contributed by atoms with Gasteiger partial charge in [-0.15, -0.1) is 12.4 Å². The monoisotopic (exact) mass is 386 g/mol. The summed E-state index contributed by atoms with van der Waals surface area (Å²) < 4.78 is 37.5. The zero-order valence-electron chi connectivity index (χ0n) is 13.9. The van der Waals surface area contributed by atoms with Gasteiger partial charge in [0.2, 0.25) is 10.0 Å². The molecule has 0 bridgehead atoms. The molecule has 6 nitrogen and oxygen atoms in total. The van der Waals surface area contributed by atoms with E-state index >= 15 is 0 Å². The first-order chi connectivity index (χ1) is 11.5. The summed E-state index contributed by atoms with van der Waals surface area (Å²) in [5.41, 5.74) is 6.89. The van der Waals surface area contributed by atoms with E-state index < -0.39 is 16.1 Å². The smallest absolute Gasteiger partial charge is 0.240 e. The van der Waals surface area contributed by atoms with Crippen molar-refractivity contribution in [2.75, 3.05) is 26.9 Å². The normalized spacial score (nSPS) is 12.2. The Bertz CT molecular complexity index is 724. The minimum atomic E-state index is -3.62. The molecular weight excluding hydrogens is 364 g/mol. The number of halogens is 1. The third kappa shape index (κ3) is 6.64. The Morgan fingerprint density at radius 2 is 1.68 bits per heavy atom. The standard InChI is InChI=1S/C17H22N2O4S.ClH/c1-22-11-12-23-15-7-9-16(10-8-15)24(20,21)19-13-17(18)14-5-3-2-4-6-14;/h2-10,17,19H,11-13,18H2,1H3;1H. The second kappa shape index (κ2) is 10.4. The van der Waals surface area contributed by atoms with Crippen molar-refractivity contribution in [2.24, 2.45) is 5.73 Å². The molecule has 0 fully saturated rings. The Balaban J connectivity index is 0.00000312. The van der Waals surface area contributed by atoms with Crippen LogP contribution in [-0.2, 0) is 14.8 Å².